The first-order valence-electron chi connectivity index (χ1n) is 14.7. The Morgan fingerprint density at radius 1 is 0.826 bits per heavy atom. The van der Waals surface area contributed by atoms with Gasteiger partial charge in [0.05, 0.1) is 24.8 Å². The Morgan fingerprint density at radius 2 is 1.48 bits per heavy atom. The van der Waals surface area contributed by atoms with Crippen LogP contribution in [-0.4, -0.2) is 58.0 Å². The van der Waals surface area contributed by atoms with Crippen LogP contribution in [0.1, 0.15) is 25.0 Å². The van der Waals surface area contributed by atoms with E-state index in [1.807, 2.05) is 50.2 Å². The van der Waals surface area contributed by atoms with Crippen molar-refractivity contribution in [3.05, 3.63) is 119 Å². The molecule has 0 spiro atoms. The first-order chi connectivity index (χ1) is 22.0. The molecule has 0 saturated heterocycles. The van der Waals surface area contributed by atoms with Gasteiger partial charge in [-0.2, -0.15) is 0 Å². The molecule has 4 rings (SSSR count). The molecule has 4 aromatic carbocycles. The van der Waals surface area contributed by atoms with Gasteiger partial charge < -0.3 is 19.7 Å². The van der Waals surface area contributed by atoms with Crippen molar-refractivity contribution in [3.8, 4) is 11.5 Å². The van der Waals surface area contributed by atoms with Gasteiger partial charge in [0.2, 0.25) is 11.8 Å². The highest BCUT2D eigenvalue weighted by Crippen LogP contribution is 2.35. The molecular formula is C35H38ClN3O6S. The van der Waals surface area contributed by atoms with Crippen LogP contribution in [0, 0.1) is 0 Å². The first kappa shape index (κ1) is 34.3. The maximum Gasteiger partial charge on any atom is 0.264 e. The van der Waals surface area contributed by atoms with Crippen molar-refractivity contribution in [2.75, 3.05) is 25.1 Å². The number of hydrogen-bond donors (Lipinski definition) is 1. The van der Waals surface area contributed by atoms with Crippen LogP contribution in [0.2, 0.25) is 5.02 Å². The summed E-state index contributed by atoms with van der Waals surface area (Å²) in [5.41, 5.74) is 1.61. The third-order valence-electron chi connectivity index (χ3n) is 7.21. The number of nitrogens with zero attached hydrogens (tertiary/aromatic N) is 2. The molecule has 46 heavy (non-hydrogen) atoms. The molecule has 1 atom stereocenters. The molecule has 0 unspecified atom stereocenters. The van der Waals surface area contributed by atoms with E-state index >= 15 is 0 Å². The van der Waals surface area contributed by atoms with E-state index < -0.39 is 28.5 Å². The minimum atomic E-state index is -4.31. The fourth-order valence-corrected chi connectivity index (χ4v) is 6.60. The van der Waals surface area contributed by atoms with E-state index in [9.17, 15) is 18.0 Å². The molecule has 242 valence electrons. The summed E-state index contributed by atoms with van der Waals surface area (Å²) in [7, 11) is -1.36. The van der Waals surface area contributed by atoms with Gasteiger partial charge in [-0.3, -0.25) is 13.9 Å². The van der Waals surface area contributed by atoms with Crippen LogP contribution in [0.5, 0.6) is 11.5 Å². The van der Waals surface area contributed by atoms with E-state index in [2.05, 4.69) is 5.32 Å². The molecule has 0 saturated carbocycles. The van der Waals surface area contributed by atoms with Gasteiger partial charge in [0.15, 0.2) is 0 Å². The topological polar surface area (TPSA) is 105 Å². The van der Waals surface area contributed by atoms with Crippen molar-refractivity contribution < 1.29 is 27.5 Å². The molecule has 0 bridgehead atoms. The molecule has 0 aliphatic carbocycles. The normalized spacial score (nSPS) is 11.9. The van der Waals surface area contributed by atoms with Crippen LogP contribution >= 0.6 is 11.6 Å². The van der Waals surface area contributed by atoms with Gasteiger partial charge in [0, 0.05) is 24.0 Å². The fourth-order valence-electron chi connectivity index (χ4n) is 4.99. The zero-order valence-corrected chi connectivity index (χ0v) is 27.8. The molecule has 0 fully saturated rings. The Bertz CT molecular complexity index is 1740. The number of amides is 2. The second kappa shape index (κ2) is 15.6. The lowest BCUT2D eigenvalue weighted by Gasteiger charge is -2.34. The summed E-state index contributed by atoms with van der Waals surface area (Å²) in [6.07, 6.45) is 0.195. The van der Waals surface area contributed by atoms with Gasteiger partial charge >= 0.3 is 0 Å². The average Bonchev–Trinajstić information content (AvgIpc) is 3.05. The molecule has 1 N–H and O–H groups in total. The van der Waals surface area contributed by atoms with E-state index in [0.29, 0.717) is 11.3 Å². The average molecular weight is 664 g/mol. The lowest BCUT2D eigenvalue weighted by atomic mass is 10.0. The molecule has 11 heteroatoms. The van der Waals surface area contributed by atoms with Crippen LogP contribution in [0.4, 0.5) is 5.69 Å². The minimum Gasteiger partial charge on any atom is -0.497 e. The third kappa shape index (κ3) is 8.58. The van der Waals surface area contributed by atoms with E-state index in [0.717, 1.165) is 9.87 Å². The second-order valence-electron chi connectivity index (χ2n) is 10.9. The summed E-state index contributed by atoms with van der Waals surface area (Å²) < 4.78 is 40.3. The summed E-state index contributed by atoms with van der Waals surface area (Å²) in [5.74, 6) is -0.195. The largest absolute Gasteiger partial charge is 0.497 e. The Kier molecular flexibility index (Phi) is 11.7. The summed E-state index contributed by atoms with van der Waals surface area (Å²) in [6, 6.07) is 27.7. The Hall–Kier alpha value is -4.54. The zero-order chi connectivity index (χ0) is 33.3. The van der Waals surface area contributed by atoms with Crippen LogP contribution < -0.4 is 19.1 Å². The van der Waals surface area contributed by atoms with Gasteiger partial charge in [0.25, 0.3) is 10.0 Å². The lowest BCUT2D eigenvalue weighted by Crippen LogP contribution is -2.54. The molecule has 9 nitrogen and oxygen atoms in total. The van der Waals surface area contributed by atoms with Crippen LogP contribution in [0.15, 0.2) is 108 Å². The number of carbonyl (C=O) groups is 2. The molecule has 0 aliphatic heterocycles. The quantitative estimate of drug-likeness (QED) is 0.185. The number of benzene rings is 4. The van der Waals surface area contributed by atoms with Gasteiger partial charge in [-0.1, -0.05) is 72.3 Å². The lowest BCUT2D eigenvalue weighted by molar-refractivity contribution is -0.140. The number of ether oxygens (including phenoxy) is 2. The fraction of sp³-hybridized carbons (Fsp3) is 0.257. The van der Waals surface area contributed by atoms with Gasteiger partial charge in [-0.25, -0.2) is 8.42 Å². The molecule has 0 aliphatic rings. The number of anilines is 1. The van der Waals surface area contributed by atoms with Crippen LogP contribution in [0.3, 0.4) is 0 Å². The predicted molar refractivity (Wildman–Crippen MR) is 180 cm³/mol. The highest BCUT2D eigenvalue weighted by molar-refractivity contribution is 7.92. The summed E-state index contributed by atoms with van der Waals surface area (Å²) in [5, 5.41) is 3.20. The van der Waals surface area contributed by atoms with Crippen molar-refractivity contribution >= 4 is 39.1 Å². The maximum atomic E-state index is 14.6. The number of carbonyl (C=O) groups excluding carboxylic acids is 2. The third-order valence-corrected chi connectivity index (χ3v) is 9.22. The molecule has 0 radical (unpaired) electrons. The number of rotatable bonds is 14. The Morgan fingerprint density at radius 3 is 2.11 bits per heavy atom. The van der Waals surface area contributed by atoms with E-state index in [4.69, 9.17) is 21.1 Å². The van der Waals surface area contributed by atoms with E-state index in [-0.39, 0.29) is 46.3 Å². The van der Waals surface area contributed by atoms with Gasteiger partial charge in [-0.15, -0.1) is 0 Å². The number of methoxy groups -OCH3 is 2. The monoisotopic (exact) mass is 663 g/mol. The van der Waals surface area contributed by atoms with Crippen LogP contribution in [0.25, 0.3) is 0 Å². The van der Waals surface area contributed by atoms with Gasteiger partial charge in [0.1, 0.15) is 24.1 Å². The van der Waals surface area contributed by atoms with Crippen LogP contribution in [-0.2, 0) is 32.6 Å². The Balaban J connectivity index is 1.86. The van der Waals surface area contributed by atoms with Crippen molar-refractivity contribution in [1.82, 2.24) is 10.2 Å². The standard InChI is InChI=1S/C35H38ClN3O6S/c1-25(2)37-35(41)32(21-26-12-7-5-8-13-26)38(23-27-14-11-15-29(20-27)44-3)34(40)24-39(31-22-28(36)18-19-33(31)45-4)46(42,43)30-16-9-6-10-17-30/h5-20,22,25,32H,21,23-24H2,1-4H3,(H,37,41)/t32-/m1/s1. The van der Waals surface area contributed by atoms with E-state index in [1.165, 1.54) is 36.3 Å². The van der Waals surface area contributed by atoms with Crippen molar-refractivity contribution in [2.45, 2.75) is 43.8 Å². The summed E-state index contributed by atoms with van der Waals surface area (Å²) in [6.45, 7) is 3.04. The van der Waals surface area contributed by atoms with E-state index in [1.54, 1.807) is 49.6 Å². The second-order valence-corrected chi connectivity index (χ2v) is 13.2. The predicted octanol–water partition coefficient (Wildman–Crippen LogP) is 5.72. The van der Waals surface area contributed by atoms with Crippen molar-refractivity contribution in [1.29, 1.82) is 0 Å². The highest BCUT2D eigenvalue weighted by Gasteiger charge is 2.36. The number of halogens is 1. The number of hydrogen-bond acceptors (Lipinski definition) is 6. The molecule has 4 aromatic rings. The molecule has 0 aromatic heterocycles. The molecule has 0 heterocycles. The van der Waals surface area contributed by atoms with Crippen molar-refractivity contribution in [3.63, 3.8) is 0 Å². The zero-order valence-electron chi connectivity index (χ0n) is 26.2. The van der Waals surface area contributed by atoms with Gasteiger partial charge in [-0.05, 0) is 67.4 Å². The first-order valence-corrected chi connectivity index (χ1v) is 16.5. The molecular weight excluding hydrogens is 626 g/mol. The SMILES string of the molecule is COc1cccc(CN(C(=O)CN(c2cc(Cl)ccc2OC)S(=O)(=O)c2ccccc2)[C@H](Cc2ccccc2)C(=O)NC(C)C)c1. The highest BCUT2D eigenvalue weighted by atomic mass is 35.5. The Labute approximate surface area is 275 Å². The smallest absolute Gasteiger partial charge is 0.264 e. The number of sulfonamides is 1. The minimum absolute atomic E-state index is 0.00491. The number of nitrogens with one attached hydrogen (secondary N) is 1. The summed E-state index contributed by atoms with van der Waals surface area (Å²) in [4.78, 5) is 29.8. The maximum absolute atomic E-state index is 14.6. The summed E-state index contributed by atoms with van der Waals surface area (Å²) >= 11 is 6.34. The molecule has 2 amide bonds. The van der Waals surface area contributed by atoms with Crippen molar-refractivity contribution in [2.24, 2.45) is 0 Å².